The summed E-state index contributed by atoms with van der Waals surface area (Å²) >= 11 is 0. The molecule has 0 spiro atoms. The molecule has 2 N–H and O–H groups in total. The molecule has 0 aliphatic heterocycles. The topological polar surface area (TPSA) is 84.9 Å². The molecule has 1 atom stereocenters. The molecule has 0 aliphatic carbocycles. The highest BCUT2D eigenvalue weighted by atomic mass is 19.1. The molecule has 0 fully saturated rings. The van der Waals surface area contributed by atoms with Crippen LogP contribution in [-0.4, -0.2) is 43.3 Å². The number of methoxy groups -OCH3 is 1. The number of amides is 1. The summed E-state index contributed by atoms with van der Waals surface area (Å²) in [5.41, 5.74) is -0.711. The summed E-state index contributed by atoms with van der Waals surface area (Å²) in [7, 11) is 1.07. The van der Waals surface area contributed by atoms with Crippen molar-refractivity contribution in [3.8, 4) is 5.75 Å². The maximum atomic E-state index is 13.7. The van der Waals surface area contributed by atoms with Crippen LogP contribution in [0.1, 0.15) is 10.4 Å². The van der Waals surface area contributed by atoms with E-state index >= 15 is 0 Å². The van der Waals surface area contributed by atoms with E-state index in [1.807, 2.05) is 5.32 Å². The molecule has 22 heavy (non-hydrogen) atoms. The number of hydrogen-bond acceptors (Lipinski definition) is 4. The van der Waals surface area contributed by atoms with E-state index in [9.17, 15) is 18.4 Å². The third-order valence-corrected chi connectivity index (χ3v) is 2.61. The highest BCUT2D eigenvalue weighted by Crippen LogP contribution is 2.25. The first kappa shape index (κ1) is 17.6. The summed E-state index contributed by atoms with van der Waals surface area (Å²) in [5, 5.41) is 11.0. The first-order valence-corrected chi connectivity index (χ1v) is 6.16. The van der Waals surface area contributed by atoms with Crippen LogP contribution < -0.4 is 10.1 Å². The largest absolute Gasteiger partial charge is 0.493 e. The molecule has 6 nitrogen and oxygen atoms in total. The molecule has 1 amide bonds. The third-order valence-electron chi connectivity index (χ3n) is 2.61. The van der Waals surface area contributed by atoms with Crippen LogP contribution in [0, 0.1) is 11.6 Å². The maximum absolute atomic E-state index is 13.7. The standard InChI is InChI=1S/C14H15F2NO5/c1-3-6-22-7-10(14(19)20)17-13(18)11-8(15)4-5-9(16)12(11)21-2/h3-5,10H,1,6-7H2,2H3,(H,17,18)(H,19,20). The number of aliphatic carboxylic acids is 1. The number of ether oxygens (including phenoxy) is 2. The van der Waals surface area contributed by atoms with Crippen LogP contribution in [0.25, 0.3) is 0 Å². The molecule has 0 radical (unpaired) electrons. The monoisotopic (exact) mass is 315 g/mol. The van der Waals surface area contributed by atoms with Gasteiger partial charge in [-0.2, -0.15) is 0 Å². The number of nitrogens with one attached hydrogen (secondary N) is 1. The van der Waals surface area contributed by atoms with Gasteiger partial charge in [-0.25, -0.2) is 13.6 Å². The first-order valence-electron chi connectivity index (χ1n) is 6.16. The molecule has 0 aliphatic rings. The molecule has 1 aromatic carbocycles. The Morgan fingerprint density at radius 1 is 1.41 bits per heavy atom. The van der Waals surface area contributed by atoms with Gasteiger partial charge < -0.3 is 19.9 Å². The second-order valence-corrected chi connectivity index (χ2v) is 4.13. The Morgan fingerprint density at radius 3 is 2.59 bits per heavy atom. The summed E-state index contributed by atoms with van der Waals surface area (Å²) in [5.74, 6) is -5.08. The summed E-state index contributed by atoms with van der Waals surface area (Å²) in [6.07, 6.45) is 1.40. The number of benzene rings is 1. The fraction of sp³-hybridized carbons (Fsp3) is 0.286. The minimum absolute atomic E-state index is 0.0807. The van der Waals surface area contributed by atoms with Gasteiger partial charge in [-0.3, -0.25) is 4.79 Å². The number of hydrogen-bond donors (Lipinski definition) is 2. The molecule has 1 aromatic rings. The fourth-order valence-corrected chi connectivity index (χ4v) is 1.62. The lowest BCUT2D eigenvalue weighted by atomic mass is 10.1. The zero-order valence-electron chi connectivity index (χ0n) is 11.8. The van der Waals surface area contributed by atoms with Gasteiger partial charge in [0.25, 0.3) is 5.91 Å². The van der Waals surface area contributed by atoms with E-state index in [0.29, 0.717) is 0 Å². The van der Waals surface area contributed by atoms with Crippen molar-refractivity contribution in [3.63, 3.8) is 0 Å². The average Bonchev–Trinajstić information content (AvgIpc) is 2.47. The maximum Gasteiger partial charge on any atom is 0.328 e. The van der Waals surface area contributed by atoms with Crippen molar-refractivity contribution in [1.29, 1.82) is 0 Å². The van der Waals surface area contributed by atoms with E-state index in [1.165, 1.54) is 6.08 Å². The number of carbonyl (C=O) groups excluding carboxylic acids is 1. The molecular formula is C14H15F2NO5. The van der Waals surface area contributed by atoms with Crippen LogP contribution >= 0.6 is 0 Å². The van der Waals surface area contributed by atoms with Crippen LogP contribution in [0.5, 0.6) is 5.75 Å². The fourth-order valence-electron chi connectivity index (χ4n) is 1.62. The van der Waals surface area contributed by atoms with Crippen molar-refractivity contribution >= 4 is 11.9 Å². The summed E-state index contributed by atoms with van der Waals surface area (Å²) in [6, 6.07) is 0.114. The van der Waals surface area contributed by atoms with Crippen molar-refractivity contribution in [1.82, 2.24) is 5.32 Å². The number of carboxylic acids is 1. The molecule has 1 unspecified atom stereocenters. The molecule has 0 aromatic heterocycles. The van der Waals surface area contributed by atoms with Gasteiger partial charge in [0.1, 0.15) is 11.4 Å². The van der Waals surface area contributed by atoms with Gasteiger partial charge in [0.15, 0.2) is 17.6 Å². The molecule has 0 heterocycles. The number of carboxylic acid groups (broad SMARTS) is 1. The molecular weight excluding hydrogens is 300 g/mol. The third kappa shape index (κ3) is 4.26. The lowest BCUT2D eigenvalue weighted by molar-refractivity contribution is -0.140. The summed E-state index contributed by atoms with van der Waals surface area (Å²) in [6.45, 7) is 3.11. The summed E-state index contributed by atoms with van der Waals surface area (Å²) < 4.78 is 36.8. The lowest BCUT2D eigenvalue weighted by Gasteiger charge is -2.16. The number of rotatable bonds is 8. The molecule has 8 heteroatoms. The highest BCUT2D eigenvalue weighted by molar-refractivity contribution is 5.99. The average molecular weight is 315 g/mol. The second kappa shape index (κ2) is 8.08. The minimum atomic E-state index is -1.43. The quantitative estimate of drug-likeness (QED) is 0.559. The predicted molar refractivity (Wildman–Crippen MR) is 72.8 cm³/mol. The lowest BCUT2D eigenvalue weighted by Crippen LogP contribution is -2.44. The van der Waals surface area contributed by atoms with E-state index in [1.54, 1.807) is 0 Å². The van der Waals surface area contributed by atoms with E-state index in [2.05, 4.69) is 11.3 Å². The van der Waals surface area contributed by atoms with Crippen LogP contribution in [0.15, 0.2) is 24.8 Å². The van der Waals surface area contributed by atoms with E-state index < -0.39 is 40.9 Å². The van der Waals surface area contributed by atoms with Gasteiger partial charge in [-0.05, 0) is 12.1 Å². The van der Waals surface area contributed by atoms with Gasteiger partial charge in [0, 0.05) is 0 Å². The highest BCUT2D eigenvalue weighted by Gasteiger charge is 2.26. The molecule has 120 valence electrons. The predicted octanol–water partition coefficient (Wildman–Crippen LogP) is 1.36. The van der Waals surface area contributed by atoms with E-state index in [0.717, 1.165) is 19.2 Å². The van der Waals surface area contributed by atoms with Gasteiger partial charge in [-0.1, -0.05) is 6.08 Å². The van der Waals surface area contributed by atoms with Gasteiger partial charge in [0.05, 0.1) is 20.3 Å². The van der Waals surface area contributed by atoms with Crippen LogP contribution in [0.4, 0.5) is 8.78 Å². The Balaban J connectivity index is 2.97. The van der Waals surface area contributed by atoms with Gasteiger partial charge in [-0.15, -0.1) is 6.58 Å². The van der Waals surface area contributed by atoms with E-state index in [4.69, 9.17) is 9.84 Å². The van der Waals surface area contributed by atoms with E-state index in [-0.39, 0.29) is 13.2 Å². The zero-order chi connectivity index (χ0) is 16.7. The smallest absolute Gasteiger partial charge is 0.328 e. The zero-order valence-corrected chi connectivity index (χ0v) is 11.8. The van der Waals surface area contributed by atoms with Crippen molar-refractivity contribution in [3.05, 3.63) is 42.0 Å². The normalized spacial score (nSPS) is 11.6. The SMILES string of the molecule is C=CCOCC(NC(=O)c1c(F)ccc(F)c1OC)C(=O)O. The Morgan fingerprint density at radius 2 is 2.05 bits per heavy atom. The minimum Gasteiger partial charge on any atom is -0.493 e. The molecule has 0 saturated heterocycles. The van der Waals surface area contributed by atoms with Crippen molar-refractivity contribution in [2.75, 3.05) is 20.3 Å². The number of carbonyl (C=O) groups is 2. The Labute approximate surface area is 125 Å². The molecule has 0 saturated carbocycles. The second-order valence-electron chi connectivity index (χ2n) is 4.13. The molecule has 1 rings (SSSR count). The molecule has 0 bridgehead atoms. The Bertz CT molecular complexity index is 577. The van der Waals surface area contributed by atoms with Crippen molar-refractivity contribution in [2.45, 2.75) is 6.04 Å². The van der Waals surface area contributed by atoms with Crippen molar-refractivity contribution in [2.24, 2.45) is 0 Å². The number of halogens is 2. The van der Waals surface area contributed by atoms with Crippen molar-refractivity contribution < 1.29 is 33.0 Å². The Hall–Kier alpha value is -2.48. The van der Waals surface area contributed by atoms with Gasteiger partial charge in [0.2, 0.25) is 0 Å². The first-order chi connectivity index (χ1) is 10.4. The van der Waals surface area contributed by atoms with Crippen LogP contribution in [0.3, 0.4) is 0 Å². The summed E-state index contributed by atoms with van der Waals surface area (Å²) in [4.78, 5) is 23.1. The Kier molecular flexibility index (Phi) is 6.46. The van der Waals surface area contributed by atoms with Gasteiger partial charge >= 0.3 is 5.97 Å². The van der Waals surface area contributed by atoms with Crippen LogP contribution in [0.2, 0.25) is 0 Å². The van der Waals surface area contributed by atoms with Crippen LogP contribution in [-0.2, 0) is 9.53 Å².